The number of allylic oxidation sites excluding steroid dienone is 1. The van der Waals surface area contributed by atoms with E-state index in [0.717, 1.165) is 25.7 Å². The van der Waals surface area contributed by atoms with Gasteiger partial charge in [-0.3, -0.25) is 19.1 Å². The van der Waals surface area contributed by atoms with Crippen molar-refractivity contribution in [3.63, 3.8) is 0 Å². The Hall–Kier alpha value is -1.90. The molecule has 0 spiro atoms. The lowest BCUT2D eigenvalue weighted by Gasteiger charge is -2.28. The van der Waals surface area contributed by atoms with Crippen molar-refractivity contribution in [2.75, 3.05) is 6.54 Å². The third kappa shape index (κ3) is 4.84. The molecule has 2 N–H and O–H groups in total. The highest BCUT2D eigenvalue weighted by molar-refractivity contribution is 7.91. The van der Waals surface area contributed by atoms with E-state index in [-0.39, 0.29) is 23.7 Å². The van der Waals surface area contributed by atoms with Gasteiger partial charge in [-0.05, 0) is 70.1 Å². The summed E-state index contributed by atoms with van der Waals surface area (Å²) in [7, 11) is -3.81. The number of carbonyl (C=O) groups excluding carboxylic acids is 3. The van der Waals surface area contributed by atoms with E-state index in [4.69, 9.17) is 0 Å². The van der Waals surface area contributed by atoms with Crippen molar-refractivity contribution in [1.82, 2.24) is 14.9 Å². The smallest absolute Gasteiger partial charge is 0.259 e. The number of rotatable bonds is 3. The maximum absolute atomic E-state index is 13.3. The molecule has 5 atom stereocenters. The number of carbonyl (C=O) groups is 3. The van der Waals surface area contributed by atoms with Gasteiger partial charge in [-0.1, -0.05) is 26.0 Å². The van der Waals surface area contributed by atoms with Crippen molar-refractivity contribution >= 4 is 27.7 Å². The first kappa shape index (κ1) is 24.2. The van der Waals surface area contributed by atoms with Gasteiger partial charge in [0.1, 0.15) is 11.6 Å². The van der Waals surface area contributed by atoms with Gasteiger partial charge in [-0.15, -0.1) is 0 Å². The first-order valence-electron chi connectivity index (χ1n) is 12.3. The first-order valence-corrected chi connectivity index (χ1v) is 13.8. The molecule has 1 saturated heterocycles. The second-order valence-electron chi connectivity index (χ2n) is 11.1. The third-order valence-corrected chi connectivity index (χ3v) is 10.2. The highest BCUT2D eigenvalue weighted by Crippen LogP contribution is 2.47. The minimum Gasteiger partial charge on any atom is -0.339 e. The van der Waals surface area contributed by atoms with Crippen molar-refractivity contribution in [3.8, 4) is 0 Å². The quantitative estimate of drug-likeness (QED) is 0.603. The van der Waals surface area contributed by atoms with Crippen LogP contribution in [0.1, 0.15) is 78.6 Å². The summed E-state index contributed by atoms with van der Waals surface area (Å²) >= 11 is 0. The molecule has 0 aromatic heterocycles. The average Bonchev–Trinajstić information content (AvgIpc) is 3.57. The molecule has 0 aromatic carbocycles. The third-order valence-electron chi connectivity index (χ3n) is 7.99. The molecule has 0 aromatic rings. The van der Waals surface area contributed by atoms with Crippen LogP contribution >= 0.6 is 0 Å². The van der Waals surface area contributed by atoms with Gasteiger partial charge in [0.2, 0.25) is 21.8 Å². The van der Waals surface area contributed by atoms with E-state index < -0.39 is 32.3 Å². The Labute approximate surface area is 197 Å². The molecule has 0 radical (unpaired) electrons. The van der Waals surface area contributed by atoms with Gasteiger partial charge in [0.05, 0.1) is 4.75 Å². The number of fused-ring (bicyclic) bond motifs is 2. The molecule has 0 unspecified atom stereocenters. The van der Waals surface area contributed by atoms with Crippen LogP contribution in [0.2, 0.25) is 0 Å². The molecule has 8 nitrogen and oxygen atoms in total. The van der Waals surface area contributed by atoms with Gasteiger partial charge >= 0.3 is 0 Å². The van der Waals surface area contributed by atoms with Gasteiger partial charge in [0.15, 0.2) is 0 Å². The summed E-state index contributed by atoms with van der Waals surface area (Å²) in [4.78, 5) is 41.1. The van der Waals surface area contributed by atoms with E-state index in [1.807, 2.05) is 12.2 Å². The molecule has 0 bridgehead atoms. The number of nitrogens with zero attached hydrogens (tertiary/aromatic N) is 1. The van der Waals surface area contributed by atoms with E-state index in [1.54, 1.807) is 11.8 Å². The summed E-state index contributed by atoms with van der Waals surface area (Å²) in [6, 6.07) is -0.611. The van der Waals surface area contributed by atoms with Gasteiger partial charge in [-0.2, -0.15) is 0 Å². The monoisotopic (exact) mass is 479 g/mol. The summed E-state index contributed by atoms with van der Waals surface area (Å²) in [5.41, 5.74) is -1.28. The van der Waals surface area contributed by atoms with Crippen LogP contribution in [0.15, 0.2) is 12.2 Å². The number of sulfonamides is 1. The predicted octanol–water partition coefficient (Wildman–Crippen LogP) is 2.25. The predicted molar refractivity (Wildman–Crippen MR) is 124 cm³/mol. The molecule has 3 fully saturated rings. The fourth-order valence-corrected chi connectivity index (χ4v) is 6.66. The Morgan fingerprint density at radius 2 is 1.91 bits per heavy atom. The molecule has 4 aliphatic rings. The average molecular weight is 480 g/mol. The highest BCUT2D eigenvalue weighted by atomic mass is 32.2. The number of hydrogen-bond donors (Lipinski definition) is 2. The van der Waals surface area contributed by atoms with Crippen LogP contribution in [0.5, 0.6) is 0 Å². The van der Waals surface area contributed by atoms with Crippen LogP contribution in [0, 0.1) is 17.8 Å². The maximum atomic E-state index is 13.3. The lowest BCUT2D eigenvalue weighted by Crippen LogP contribution is -2.57. The fraction of sp³-hybridized carbons (Fsp3) is 0.792. The van der Waals surface area contributed by atoms with Crippen LogP contribution in [-0.2, 0) is 24.4 Å². The summed E-state index contributed by atoms with van der Waals surface area (Å²) in [6.45, 7) is 6.44. The summed E-state index contributed by atoms with van der Waals surface area (Å²) < 4.78 is 26.7. The molecule has 184 valence electrons. The number of hydrogen-bond acceptors (Lipinski definition) is 5. The van der Waals surface area contributed by atoms with Crippen molar-refractivity contribution < 1.29 is 22.8 Å². The van der Waals surface area contributed by atoms with Crippen molar-refractivity contribution in [2.45, 2.75) is 94.9 Å². The Morgan fingerprint density at radius 1 is 1.18 bits per heavy atom. The van der Waals surface area contributed by atoms with E-state index in [2.05, 4.69) is 23.9 Å². The lowest BCUT2D eigenvalue weighted by atomic mass is 9.91. The zero-order valence-electron chi connectivity index (χ0n) is 19.9. The van der Waals surface area contributed by atoms with E-state index in [9.17, 15) is 22.8 Å². The molecule has 2 aliphatic heterocycles. The minimum atomic E-state index is -3.81. The fourth-order valence-electron chi connectivity index (χ4n) is 5.35. The van der Waals surface area contributed by atoms with Crippen LogP contribution in [0.3, 0.4) is 0 Å². The summed E-state index contributed by atoms with van der Waals surface area (Å²) in [5.74, 6) is -0.596. The lowest BCUT2D eigenvalue weighted by molar-refractivity contribution is -0.140. The first-order chi connectivity index (χ1) is 15.5. The standard InChI is InChI=1S/C24H37N3O5S/c1-16-7-4-5-8-18-15-24(18,22(30)26-33(31,32)23(3)10-11-23)25-21(29)19-9-6-12-27(19)20(28)14-17(2)13-16/h5,8,16-19H,4,6-7,9-15H2,1-3H3,(H,25,29)(H,26,30)/b8-5-/t16-,17+,18+,19-,24+/m0/s1. The number of amides is 3. The molecule has 4 rings (SSSR count). The Bertz CT molecular complexity index is 957. The topological polar surface area (TPSA) is 113 Å². The summed E-state index contributed by atoms with van der Waals surface area (Å²) in [6.07, 6.45) is 9.87. The molecule has 2 aliphatic carbocycles. The van der Waals surface area contributed by atoms with Gasteiger partial charge < -0.3 is 10.2 Å². The van der Waals surface area contributed by atoms with Gasteiger partial charge in [0.25, 0.3) is 5.91 Å². The van der Waals surface area contributed by atoms with Gasteiger partial charge in [-0.25, -0.2) is 8.42 Å². The normalized spacial score (nSPS) is 37.6. The van der Waals surface area contributed by atoms with E-state index in [0.29, 0.717) is 44.6 Å². The highest BCUT2D eigenvalue weighted by Gasteiger charge is 2.62. The van der Waals surface area contributed by atoms with Crippen LogP contribution in [0.4, 0.5) is 0 Å². The number of nitrogens with one attached hydrogen (secondary N) is 2. The Morgan fingerprint density at radius 3 is 2.61 bits per heavy atom. The molecule has 9 heteroatoms. The molecule has 3 amide bonds. The van der Waals surface area contributed by atoms with E-state index in [1.165, 1.54) is 0 Å². The molecule has 2 heterocycles. The second kappa shape index (κ2) is 8.71. The van der Waals surface area contributed by atoms with Crippen molar-refractivity contribution in [2.24, 2.45) is 17.8 Å². The zero-order valence-corrected chi connectivity index (χ0v) is 20.7. The van der Waals surface area contributed by atoms with Crippen LogP contribution < -0.4 is 10.0 Å². The molecular weight excluding hydrogens is 442 g/mol. The van der Waals surface area contributed by atoms with Crippen molar-refractivity contribution in [1.29, 1.82) is 0 Å². The SMILES string of the molecule is C[C@H]1CC/C=C\[C@@H]2C[C@@]2(C(=O)NS(=O)(=O)C2(C)CC2)NC(=O)[C@@H]2CCCN2C(=O)C[C@H](C)C1. The van der Waals surface area contributed by atoms with Crippen LogP contribution in [0.25, 0.3) is 0 Å². The van der Waals surface area contributed by atoms with Gasteiger partial charge in [0, 0.05) is 18.9 Å². The molecule has 33 heavy (non-hydrogen) atoms. The minimum absolute atomic E-state index is 0.0181. The van der Waals surface area contributed by atoms with Crippen molar-refractivity contribution in [3.05, 3.63) is 12.2 Å². The van der Waals surface area contributed by atoms with Crippen LogP contribution in [-0.4, -0.2) is 53.9 Å². The largest absolute Gasteiger partial charge is 0.339 e. The summed E-state index contributed by atoms with van der Waals surface area (Å²) in [5, 5.41) is 2.88. The Kier molecular flexibility index (Phi) is 6.39. The van der Waals surface area contributed by atoms with E-state index >= 15 is 0 Å². The second-order valence-corrected chi connectivity index (χ2v) is 13.3. The molecular formula is C24H37N3O5S. The maximum Gasteiger partial charge on any atom is 0.259 e. The zero-order chi connectivity index (χ0) is 24.0. The molecule has 2 saturated carbocycles. The Balaban J connectivity index is 1.57.